The zero-order valence-corrected chi connectivity index (χ0v) is 23.4. The number of carbonyl (C=O) groups is 2. The third-order valence-corrected chi connectivity index (χ3v) is 7.44. The Bertz CT molecular complexity index is 2000. The smallest absolute Gasteiger partial charge is 0.248 e. The molecule has 0 saturated heterocycles. The van der Waals surface area contributed by atoms with Gasteiger partial charge >= 0.3 is 0 Å². The minimum Gasteiger partial charge on any atom is -0.507 e. The molecule has 4 heterocycles. The molecule has 0 atom stereocenters. The number of fused-ring (bicyclic) bond motifs is 2. The number of imidazole rings is 1. The van der Waals surface area contributed by atoms with E-state index in [1.807, 2.05) is 29.0 Å². The molecule has 43 heavy (non-hydrogen) atoms. The summed E-state index contributed by atoms with van der Waals surface area (Å²) in [6, 6.07) is 17.7. The van der Waals surface area contributed by atoms with Gasteiger partial charge in [-0.1, -0.05) is 17.7 Å². The number of pyridine rings is 2. The Morgan fingerprint density at radius 1 is 1.00 bits per heavy atom. The number of anilines is 1. The fraction of sp³-hybridized carbons (Fsp3) is 0.0968. The van der Waals surface area contributed by atoms with E-state index in [2.05, 4.69) is 28.3 Å². The van der Waals surface area contributed by atoms with Crippen molar-refractivity contribution in [3.8, 4) is 28.6 Å². The van der Waals surface area contributed by atoms with Crippen LogP contribution in [0.3, 0.4) is 0 Å². The number of amides is 1. The molecule has 0 bridgehead atoms. The van der Waals surface area contributed by atoms with E-state index in [0.717, 1.165) is 24.1 Å². The topological polar surface area (TPSA) is 168 Å². The highest BCUT2D eigenvalue weighted by molar-refractivity contribution is 6.35. The number of hydrogen-bond acceptors (Lipinski definition) is 8. The number of aryl methyl sites for hydroxylation is 2. The number of nitrogen functional groups attached to an aromatic ring is 1. The van der Waals surface area contributed by atoms with E-state index in [9.17, 15) is 9.59 Å². The highest BCUT2D eigenvalue weighted by atomic mass is 35.5. The van der Waals surface area contributed by atoms with Gasteiger partial charge in [0.2, 0.25) is 5.91 Å². The highest BCUT2D eigenvalue weighted by Gasteiger charge is 2.22. The molecule has 11 nitrogen and oxygen atoms in total. The first-order chi connectivity index (χ1) is 20.8. The molecule has 1 amide bonds. The fourth-order valence-corrected chi connectivity index (χ4v) is 5.28. The third-order valence-electron chi connectivity index (χ3n) is 7.15. The molecule has 0 unspecified atom stereocenters. The number of aldehydes is 1. The number of halogens is 1. The number of nitrogens with two attached hydrogens (primary N) is 2. The number of phenols is 1. The number of aromatic hydroxyl groups is 1. The summed E-state index contributed by atoms with van der Waals surface area (Å²) in [7, 11) is 0. The molecule has 1 aliphatic carbocycles. The first-order valence-electron chi connectivity index (χ1n) is 13.3. The van der Waals surface area contributed by atoms with Crippen molar-refractivity contribution >= 4 is 40.8 Å². The molecule has 0 fully saturated rings. The lowest BCUT2D eigenvalue weighted by Crippen LogP contribution is -2.10. The Balaban J connectivity index is 0.000000232. The summed E-state index contributed by atoms with van der Waals surface area (Å²) >= 11 is 6.67. The monoisotopic (exact) mass is 592 g/mol. The molecule has 6 aromatic rings. The molecule has 5 N–H and O–H groups in total. The van der Waals surface area contributed by atoms with Crippen LogP contribution in [0.15, 0.2) is 79.3 Å². The van der Waals surface area contributed by atoms with Gasteiger partial charge in [-0.05, 0) is 78.9 Å². The van der Waals surface area contributed by atoms with Gasteiger partial charge in [0.1, 0.15) is 17.1 Å². The molecule has 2 aromatic carbocycles. The zero-order chi connectivity index (χ0) is 30.1. The zero-order valence-electron chi connectivity index (χ0n) is 22.7. The van der Waals surface area contributed by atoms with E-state index >= 15 is 0 Å². The molecule has 1 aliphatic rings. The summed E-state index contributed by atoms with van der Waals surface area (Å²) in [5, 5.41) is 13.8. The van der Waals surface area contributed by atoms with Gasteiger partial charge in [0, 0.05) is 35.9 Å². The SMILES string of the molecule is NC(=O)c1ccc(O)c(C=O)c1.Nc1ncccc1-c1nc2c(Cl)cc(-n3cccn3)nc2n1-c1ccc2c(c1)CCC2. The van der Waals surface area contributed by atoms with E-state index < -0.39 is 5.91 Å². The minimum absolute atomic E-state index is 0.0614. The maximum Gasteiger partial charge on any atom is 0.248 e. The van der Waals surface area contributed by atoms with Crippen molar-refractivity contribution in [1.82, 2.24) is 29.3 Å². The number of hydrogen-bond donors (Lipinski definition) is 3. The molecule has 214 valence electrons. The summed E-state index contributed by atoms with van der Waals surface area (Å²) < 4.78 is 3.70. The Hall–Kier alpha value is -5.55. The number of carbonyl (C=O) groups excluding carboxylic acids is 2. The molecule has 0 spiro atoms. The van der Waals surface area contributed by atoms with Gasteiger partial charge in [-0.3, -0.25) is 14.2 Å². The molecule has 0 saturated carbocycles. The molecule has 0 aliphatic heterocycles. The van der Waals surface area contributed by atoms with Crippen LogP contribution in [-0.2, 0) is 12.8 Å². The van der Waals surface area contributed by atoms with Gasteiger partial charge in [0.25, 0.3) is 0 Å². The first-order valence-corrected chi connectivity index (χ1v) is 13.7. The van der Waals surface area contributed by atoms with Crippen molar-refractivity contribution in [2.45, 2.75) is 19.3 Å². The summed E-state index contributed by atoms with van der Waals surface area (Å²) in [6.07, 6.45) is 9.05. The van der Waals surface area contributed by atoms with Crippen molar-refractivity contribution in [3.63, 3.8) is 0 Å². The molecule has 7 rings (SSSR count). The van der Waals surface area contributed by atoms with Crippen LogP contribution in [0, 0.1) is 0 Å². The van der Waals surface area contributed by atoms with Crippen LogP contribution in [-0.4, -0.2) is 46.6 Å². The van der Waals surface area contributed by atoms with Gasteiger partial charge in [0.15, 0.2) is 23.6 Å². The molecule has 0 radical (unpaired) electrons. The molecule has 4 aromatic heterocycles. The number of phenolic OH excluding ortho intramolecular Hbond substituents is 1. The minimum atomic E-state index is -0.627. The summed E-state index contributed by atoms with van der Waals surface area (Å²) in [5.74, 6) is 0.901. The van der Waals surface area contributed by atoms with E-state index in [1.165, 1.54) is 35.7 Å². The third kappa shape index (κ3) is 5.29. The number of primary amides is 1. The van der Waals surface area contributed by atoms with Gasteiger partial charge in [-0.25, -0.2) is 19.6 Å². The lowest BCUT2D eigenvalue weighted by atomic mass is 10.1. The van der Waals surface area contributed by atoms with Crippen molar-refractivity contribution in [2.75, 3.05) is 5.73 Å². The number of nitrogens with zero attached hydrogens (tertiary/aromatic N) is 6. The van der Waals surface area contributed by atoms with Crippen LogP contribution < -0.4 is 11.5 Å². The van der Waals surface area contributed by atoms with Crippen LogP contribution in [0.5, 0.6) is 5.75 Å². The normalized spacial score (nSPS) is 12.0. The van der Waals surface area contributed by atoms with Gasteiger partial charge < -0.3 is 16.6 Å². The first kappa shape index (κ1) is 27.6. The van der Waals surface area contributed by atoms with Crippen molar-refractivity contribution in [3.05, 3.63) is 107 Å². The van der Waals surface area contributed by atoms with Gasteiger partial charge in [-0.2, -0.15) is 5.10 Å². The maximum atomic E-state index is 10.6. The quantitative estimate of drug-likeness (QED) is 0.242. The lowest BCUT2D eigenvalue weighted by molar-refractivity contribution is 0.1000. The summed E-state index contributed by atoms with van der Waals surface area (Å²) in [6.45, 7) is 0. The Labute approximate surface area is 250 Å². The largest absolute Gasteiger partial charge is 0.507 e. The summed E-state index contributed by atoms with van der Waals surface area (Å²) in [5.41, 5.74) is 17.2. The van der Waals surface area contributed by atoms with Crippen molar-refractivity contribution in [1.29, 1.82) is 0 Å². The molecular formula is C31H25ClN8O3. The van der Waals surface area contributed by atoms with Gasteiger partial charge in [0.05, 0.1) is 16.1 Å². The standard InChI is InChI=1S/C23H18ClN7.C8H7NO3/c24-18-13-19(30-11-3-10-27-30)28-23-20(18)29-22(17-6-2-9-26-21(17)25)31(23)16-8-7-14-4-1-5-15(14)12-16;9-8(12)5-1-2-7(11)6(3-5)4-10/h2-3,6-13H,1,4-5H2,(H2,25,26);1-4,11H,(H2,9,12). The van der Waals surface area contributed by atoms with E-state index in [-0.39, 0.29) is 16.9 Å². The van der Waals surface area contributed by atoms with Crippen LogP contribution >= 0.6 is 11.6 Å². The van der Waals surface area contributed by atoms with Crippen molar-refractivity contribution in [2.24, 2.45) is 5.73 Å². The van der Waals surface area contributed by atoms with E-state index in [4.69, 9.17) is 38.1 Å². The highest BCUT2D eigenvalue weighted by Crippen LogP contribution is 2.35. The Morgan fingerprint density at radius 2 is 1.84 bits per heavy atom. The van der Waals surface area contributed by atoms with Crippen LogP contribution in [0.4, 0.5) is 5.82 Å². The van der Waals surface area contributed by atoms with E-state index in [0.29, 0.717) is 39.9 Å². The summed E-state index contributed by atoms with van der Waals surface area (Å²) in [4.78, 5) is 34.9. The lowest BCUT2D eigenvalue weighted by Gasteiger charge is -2.12. The van der Waals surface area contributed by atoms with Crippen LogP contribution in [0.2, 0.25) is 5.02 Å². The van der Waals surface area contributed by atoms with Crippen molar-refractivity contribution < 1.29 is 14.7 Å². The average molecular weight is 593 g/mol. The Morgan fingerprint density at radius 3 is 2.58 bits per heavy atom. The molecule has 12 heteroatoms. The number of aromatic nitrogens is 6. The Kier molecular flexibility index (Phi) is 7.31. The van der Waals surface area contributed by atoms with Crippen LogP contribution in [0.1, 0.15) is 38.3 Å². The molecular weight excluding hydrogens is 568 g/mol. The van der Waals surface area contributed by atoms with Crippen LogP contribution in [0.25, 0.3) is 34.1 Å². The van der Waals surface area contributed by atoms with E-state index in [1.54, 1.807) is 23.1 Å². The fourth-order valence-electron chi connectivity index (χ4n) is 5.05. The number of benzene rings is 2. The maximum absolute atomic E-state index is 10.6. The van der Waals surface area contributed by atoms with Gasteiger partial charge in [-0.15, -0.1) is 0 Å². The predicted molar refractivity (Wildman–Crippen MR) is 163 cm³/mol. The second kappa shape index (κ2) is 11.4. The second-order valence-electron chi connectivity index (χ2n) is 9.85. The number of rotatable bonds is 5. The second-order valence-corrected chi connectivity index (χ2v) is 10.3. The average Bonchev–Trinajstić information content (AvgIpc) is 3.78. The predicted octanol–water partition coefficient (Wildman–Crippen LogP) is 4.70.